The van der Waals surface area contributed by atoms with E-state index in [9.17, 15) is 14.0 Å². The van der Waals surface area contributed by atoms with Crippen molar-refractivity contribution in [3.8, 4) is 0 Å². The van der Waals surface area contributed by atoms with Gasteiger partial charge in [-0.3, -0.25) is 9.69 Å². The molecule has 6 nitrogen and oxygen atoms in total. The first-order valence-corrected chi connectivity index (χ1v) is 13.9. The zero-order valence-corrected chi connectivity index (χ0v) is 22.3. The van der Waals surface area contributed by atoms with E-state index in [4.69, 9.17) is 0 Å². The summed E-state index contributed by atoms with van der Waals surface area (Å²) in [5, 5.41) is 3.08. The average Bonchev–Trinajstić information content (AvgIpc) is 2.92. The van der Waals surface area contributed by atoms with Crippen LogP contribution in [-0.2, 0) is 17.8 Å². The summed E-state index contributed by atoms with van der Waals surface area (Å²) in [5.74, 6) is -0.111. The largest absolute Gasteiger partial charge is 0.340 e. The van der Waals surface area contributed by atoms with Gasteiger partial charge in [-0.15, -0.1) is 0 Å². The lowest BCUT2D eigenvalue weighted by Gasteiger charge is -2.36. The molecule has 1 N–H and O–H groups in total. The minimum Gasteiger partial charge on any atom is -0.340 e. The summed E-state index contributed by atoms with van der Waals surface area (Å²) in [6, 6.07) is 16.1. The van der Waals surface area contributed by atoms with E-state index in [0.717, 1.165) is 43.6 Å². The van der Waals surface area contributed by atoms with Crippen LogP contribution in [0.25, 0.3) is 0 Å². The summed E-state index contributed by atoms with van der Waals surface area (Å²) in [6.45, 7) is 7.65. The van der Waals surface area contributed by atoms with Gasteiger partial charge < -0.3 is 15.1 Å². The van der Waals surface area contributed by atoms with Crippen LogP contribution in [0.1, 0.15) is 56.6 Å². The minimum atomic E-state index is -0.275. The molecule has 3 rings (SSSR count). The van der Waals surface area contributed by atoms with E-state index in [-0.39, 0.29) is 17.8 Å². The Balaban J connectivity index is 1.44. The van der Waals surface area contributed by atoms with Crippen LogP contribution in [-0.4, -0.2) is 72.5 Å². The molecule has 0 unspecified atom stereocenters. The molecule has 0 radical (unpaired) electrons. The third-order valence-corrected chi connectivity index (χ3v) is 6.99. The first-order valence-electron chi connectivity index (χ1n) is 13.9. The molecule has 0 atom stereocenters. The summed E-state index contributed by atoms with van der Waals surface area (Å²) in [6.07, 6.45) is 7.52. The fraction of sp³-hybridized carbons (Fsp3) is 0.533. The standard InChI is InChI=1S/C30H43FN4O2/c1-2-3-4-5-6-10-17-32-30(37)35(25-27-13-15-28(31)16-14-27)23-20-33-18-21-34(22-19-33)29(36)24-26-11-8-7-9-12-26/h7-9,11-16H,2-6,10,17-25H2,1H3,(H,32,37). The molecule has 0 spiro atoms. The van der Waals surface area contributed by atoms with Crippen molar-refractivity contribution in [3.63, 3.8) is 0 Å². The number of piperazine rings is 1. The van der Waals surface area contributed by atoms with Crippen LogP contribution < -0.4 is 5.32 Å². The maximum atomic E-state index is 13.4. The predicted molar refractivity (Wildman–Crippen MR) is 147 cm³/mol. The number of urea groups is 1. The monoisotopic (exact) mass is 510 g/mol. The Morgan fingerprint density at radius 2 is 1.54 bits per heavy atom. The number of amides is 3. The van der Waals surface area contributed by atoms with Crippen molar-refractivity contribution < 1.29 is 14.0 Å². The maximum Gasteiger partial charge on any atom is 0.317 e. The molecule has 0 aliphatic carbocycles. The van der Waals surface area contributed by atoms with E-state index in [2.05, 4.69) is 17.1 Å². The third kappa shape index (κ3) is 10.5. The number of carbonyl (C=O) groups excluding carboxylic acids is 2. The molecule has 202 valence electrons. The molecule has 1 aliphatic heterocycles. The van der Waals surface area contributed by atoms with Crippen LogP contribution in [0.3, 0.4) is 0 Å². The van der Waals surface area contributed by atoms with E-state index in [1.165, 1.54) is 37.8 Å². The van der Waals surface area contributed by atoms with Gasteiger partial charge in [-0.2, -0.15) is 0 Å². The molecule has 37 heavy (non-hydrogen) atoms. The molecule has 0 aromatic heterocycles. The molecular formula is C30H43FN4O2. The number of unbranched alkanes of at least 4 members (excludes halogenated alkanes) is 5. The fourth-order valence-corrected chi connectivity index (χ4v) is 4.64. The number of hydrogen-bond donors (Lipinski definition) is 1. The number of carbonyl (C=O) groups is 2. The summed E-state index contributed by atoms with van der Waals surface area (Å²) in [4.78, 5) is 31.7. The molecule has 0 bridgehead atoms. The van der Waals surface area contributed by atoms with Gasteiger partial charge >= 0.3 is 6.03 Å². The van der Waals surface area contributed by atoms with Crippen molar-refractivity contribution in [1.29, 1.82) is 0 Å². The minimum absolute atomic E-state index is 0.0745. The molecular weight excluding hydrogens is 467 g/mol. The van der Waals surface area contributed by atoms with Crippen LogP contribution >= 0.6 is 0 Å². The predicted octanol–water partition coefficient (Wildman–Crippen LogP) is 5.08. The highest BCUT2D eigenvalue weighted by Crippen LogP contribution is 2.10. The van der Waals surface area contributed by atoms with E-state index in [1.807, 2.05) is 40.1 Å². The Morgan fingerprint density at radius 1 is 0.865 bits per heavy atom. The molecule has 7 heteroatoms. The zero-order valence-electron chi connectivity index (χ0n) is 22.3. The summed E-state index contributed by atoms with van der Waals surface area (Å²) < 4.78 is 13.4. The van der Waals surface area contributed by atoms with E-state index >= 15 is 0 Å². The Morgan fingerprint density at radius 3 is 2.24 bits per heavy atom. The molecule has 1 aliphatic rings. The number of rotatable bonds is 14. The molecule has 2 aromatic rings. The van der Waals surface area contributed by atoms with Crippen molar-refractivity contribution in [2.24, 2.45) is 0 Å². The number of hydrogen-bond acceptors (Lipinski definition) is 3. The van der Waals surface area contributed by atoms with Gasteiger partial charge in [0.25, 0.3) is 0 Å². The molecule has 3 amide bonds. The van der Waals surface area contributed by atoms with Crippen LogP contribution in [0.15, 0.2) is 54.6 Å². The highest BCUT2D eigenvalue weighted by molar-refractivity contribution is 5.78. The van der Waals surface area contributed by atoms with Gasteiger partial charge in [0, 0.05) is 52.4 Å². The molecule has 1 heterocycles. The Bertz CT molecular complexity index is 930. The van der Waals surface area contributed by atoms with Crippen LogP contribution in [0.2, 0.25) is 0 Å². The van der Waals surface area contributed by atoms with Gasteiger partial charge in [-0.25, -0.2) is 9.18 Å². The van der Waals surface area contributed by atoms with Crippen molar-refractivity contribution in [1.82, 2.24) is 20.0 Å². The van der Waals surface area contributed by atoms with Gasteiger partial charge in [0.2, 0.25) is 5.91 Å². The maximum absolute atomic E-state index is 13.4. The van der Waals surface area contributed by atoms with Crippen molar-refractivity contribution in [2.45, 2.75) is 58.4 Å². The number of nitrogens with one attached hydrogen (secondary N) is 1. The Labute approximate surface area is 221 Å². The molecule has 2 aromatic carbocycles. The second kappa shape index (κ2) is 16.0. The van der Waals surface area contributed by atoms with Crippen LogP contribution in [0.5, 0.6) is 0 Å². The highest BCUT2D eigenvalue weighted by atomic mass is 19.1. The Kier molecular flexibility index (Phi) is 12.4. The lowest BCUT2D eigenvalue weighted by atomic mass is 10.1. The van der Waals surface area contributed by atoms with Crippen LogP contribution in [0.4, 0.5) is 9.18 Å². The average molecular weight is 511 g/mol. The van der Waals surface area contributed by atoms with Gasteiger partial charge in [-0.1, -0.05) is 81.5 Å². The van der Waals surface area contributed by atoms with Gasteiger partial charge in [-0.05, 0) is 29.7 Å². The third-order valence-electron chi connectivity index (χ3n) is 6.99. The lowest BCUT2D eigenvalue weighted by molar-refractivity contribution is -0.132. The van der Waals surface area contributed by atoms with Crippen molar-refractivity contribution >= 4 is 11.9 Å². The molecule has 1 saturated heterocycles. The topological polar surface area (TPSA) is 55.9 Å². The van der Waals surface area contributed by atoms with Crippen LogP contribution in [0, 0.1) is 5.82 Å². The Hall–Kier alpha value is -2.93. The van der Waals surface area contributed by atoms with Crippen molar-refractivity contribution in [2.75, 3.05) is 45.8 Å². The van der Waals surface area contributed by atoms with E-state index in [0.29, 0.717) is 39.1 Å². The zero-order chi connectivity index (χ0) is 26.3. The quantitative estimate of drug-likeness (QED) is 0.361. The van der Waals surface area contributed by atoms with E-state index < -0.39 is 0 Å². The molecule has 0 saturated carbocycles. The number of halogens is 1. The summed E-state index contributed by atoms with van der Waals surface area (Å²) >= 11 is 0. The summed E-state index contributed by atoms with van der Waals surface area (Å²) in [5.41, 5.74) is 1.95. The van der Waals surface area contributed by atoms with Gasteiger partial charge in [0.15, 0.2) is 0 Å². The SMILES string of the molecule is CCCCCCCCNC(=O)N(CCN1CCN(C(=O)Cc2ccccc2)CC1)Cc1ccc(F)cc1. The first-order chi connectivity index (χ1) is 18.0. The lowest BCUT2D eigenvalue weighted by Crippen LogP contribution is -2.51. The molecule has 1 fully saturated rings. The smallest absolute Gasteiger partial charge is 0.317 e. The number of nitrogens with zero attached hydrogens (tertiary/aromatic N) is 3. The number of benzene rings is 2. The normalized spacial score (nSPS) is 13.9. The second-order valence-electron chi connectivity index (χ2n) is 9.93. The van der Waals surface area contributed by atoms with Gasteiger partial charge in [0.05, 0.1) is 6.42 Å². The fourth-order valence-electron chi connectivity index (χ4n) is 4.64. The van der Waals surface area contributed by atoms with E-state index in [1.54, 1.807) is 12.1 Å². The summed E-state index contributed by atoms with van der Waals surface area (Å²) in [7, 11) is 0. The van der Waals surface area contributed by atoms with Gasteiger partial charge in [0.1, 0.15) is 5.82 Å². The van der Waals surface area contributed by atoms with Crippen molar-refractivity contribution in [3.05, 3.63) is 71.5 Å². The second-order valence-corrected chi connectivity index (χ2v) is 9.93. The first kappa shape index (κ1) is 28.6. The highest BCUT2D eigenvalue weighted by Gasteiger charge is 2.22.